The molecule has 0 aromatic heterocycles. The summed E-state index contributed by atoms with van der Waals surface area (Å²) in [6, 6.07) is 6.42. The Morgan fingerprint density at radius 1 is 1.39 bits per heavy atom. The van der Waals surface area contributed by atoms with Gasteiger partial charge in [0.25, 0.3) is 0 Å². The second kappa shape index (κ2) is 11.5. The zero-order valence-electron chi connectivity index (χ0n) is 16.2. The first-order valence-electron chi connectivity index (χ1n) is 9.57. The summed E-state index contributed by atoms with van der Waals surface area (Å²) < 4.78 is 25.5. The van der Waals surface area contributed by atoms with Crippen LogP contribution in [0.15, 0.2) is 23.2 Å². The number of hydrogen-bond acceptors (Lipinski definition) is 4. The lowest BCUT2D eigenvalue weighted by Crippen LogP contribution is -2.47. The first kappa shape index (κ1) is 22.8. The Kier molecular flexibility index (Phi) is 9.41. The molecule has 2 fully saturated rings. The molecule has 0 saturated carbocycles. The molecule has 0 bridgehead atoms. The van der Waals surface area contributed by atoms with E-state index in [2.05, 4.69) is 15.2 Å². The predicted octanol–water partition coefficient (Wildman–Crippen LogP) is 3.05. The molecule has 28 heavy (non-hydrogen) atoms. The van der Waals surface area contributed by atoms with Gasteiger partial charge in [-0.25, -0.2) is 4.39 Å². The molecule has 2 aliphatic rings. The molecule has 3 rings (SSSR count). The van der Waals surface area contributed by atoms with Crippen molar-refractivity contribution >= 4 is 29.9 Å². The third-order valence-electron chi connectivity index (χ3n) is 5.11. The fourth-order valence-corrected chi connectivity index (χ4v) is 3.54. The molecule has 1 aromatic rings. The Hall–Kier alpha value is -1.44. The van der Waals surface area contributed by atoms with Crippen LogP contribution in [0.25, 0.3) is 0 Å². The number of likely N-dealkylation sites (tertiary alicyclic amines) is 1. The smallest absolute Gasteiger partial charge is 0.193 e. The quantitative estimate of drug-likeness (QED) is 0.381. The highest BCUT2D eigenvalue weighted by Crippen LogP contribution is 2.18. The second-order valence-electron chi connectivity index (χ2n) is 6.97. The summed E-state index contributed by atoms with van der Waals surface area (Å²) in [6.45, 7) is 3.52. The van der Waals surface area contributed by atoms with Crippen molar-refractivity contribution in [1.29, 1.82) is 5.26 Å². The van der Waals surface area contributed by atoms with Gasteiger partial charge in [0.05, 0.1) is 30.4 Å². The van der Waals surface area contributed by atoms with Crippen LogP contribution >= 0.6 is 24.0 Å². The summed E-state index contributed by atoms with van der Waals surface area (Å²) in [4.78, 5) is 6.48. The van der Waals surface area contributed by atoms with Crippen LogP contribution in [0.4, 0.5) is 4.39 Å². The van der Waals surface area contributed by atoms with Gasteiger partial charge in [-0.1, -0.05) is 0 Å². The molecular formula is C20H28FIN4O2. The fourth-order valence-electron chi connectivity index (χ4n) is 3.54. The van der Waals surface area contributed by atoms with Gasteiger partial charge in [0, 0.05) is 38.9 Å². The number of guanidine groups is 1. The third-order valence-corrected chi connectivity index (χ3v) is 5.11. The minimum atomic E-state index is -0.321. The monoisotopic (exact) mass is 502 g/mol. The van der Waals surface area contributed by atoms with E-state index in [4.69, 9.17) is 14.7 Å². The average molecular weight is 502 g/mol. The average Bonchev–Trinajstić information content (AvgIpc) is 3.22. The van der Waals surface area contributed by atoms with E-state index >= 15 is 0 Å². The molecule has 154 valence electrons. The number of halogens is 2. The van der Waals surface area contributed by atoms with Crippen LogP contribution in [0.1, 0.15) is 36.8 Å². The standard InChI is InChI=1S/C20H27FN4O2.HI/c1-23-20(24-13-16-11-15(12-22)4-5-19(16)21)25-8-6-17(7-9-25)27-14-18-3-2-10-26-18;/h4-5,11,17-18H,2-3,6-10,13-14H2,1H3,(H,23,24);1H. The maximum absolute atomic E-state index is 13.9. The summed E-state index contributed by atoms with van der Waals surface area (Å²) in [5.74, 6) is 0.424. The zero-order chi connectivity index (χ0) is 19.1. The lowest BCUT2D eigenvalue weighted by molar-refractivity contribution is -0.0367. The molecule has 2 saturated heterocycles. The Labute approximate surface area is 183 Å². The number of nitriles is 1. The fraction of sp³-hybridized carbons (Fsp3) is 0.600. The SMILES string of the molecule is CN=C(NCc1cc(C#N)ccc1F)N1CCC(OCC2CCCO2)CC1.I. The molecule has 0 radical (unpaired) electrons. The van der Waals surface area contributed by atoms with Crippen LogP contribution < -0.4 is 5.32 Å². The van der Waals surface area contributed by atoms with Crippen LogP contribution in [-0.2, 0) is 16.0 Å². The molecule has 2 aliphatic heterocycles. The van der Waals surface area contributed by atoms with Crippen LogP contribution in [0, 0.1) is 17.1 Å². The number of rotatable bonds is 5. The predicted molar refractivity (Wildman–Crippen MR) is 116 cm³/mol. The lowest BCUT2D eigenvalue weighted by Gasteiger charge is -2.34. The molecule has 1 N–H and O–H groups in total. The summed E-state index contributed by atoms with van der Waals surface area (Å²) in [6.07, 6.45) is 4.62. The third kappa shape index (κ3) is 6.29. The van der Waals surface area contributed by atoms with E-state index in [0.29, 0.717) is 24.3 Å². The van der Waals surface area contributed by atoms with Crippen molar-refractivity contribution in [2.45, 2.75) is 44.4 Å². The minimum Gasteiger partial charge on any atom is -0.376 e. The summed E-state index contributed by atoms with van der Waals surface area (Å²) in [5, 5.41) is 12.2. The van der Waals surface area contributed by atoms with E-state index < -0.39 is 0 Å². The number of aliphatic imine (C=N–C) groups is 1. The number of piperidine rings is 1. The van der Waals surface area contributed by atoms with Gasteiger partial charge in [0.1, 0.15) is 5.82 Å². The van der Waals surface area contributed by atoms with Crippen molar-refractivity contribution in [1.82, 2.24) is 10.2 Å². The van der Waals surface area contributed by atoms with Gasteiger partial charge in [0.2, 0.25) is 0 Å². The van der Waals surface area contributed by atoms with Crippen LogP contribution in [0.3, 0.4) is 0 Å². The number of ether oxygens (including phenoxy) is 2. The Morgan fingerprint density at radius 2 is 2.18 bits per heavy atom. The van der Waals surface area contributed by atoms with Gasteiger partial charge < -0.3 is 19.7 Å². The van der Waals surface area contributed by atoms with Crippen LogP contribution in [0.2, 0.25) is 0 Å². The van der Waals surface area contributed by atoms with E-state index in [-0.39, 0.29) is 42.0 Å². The minimum absolute atomic E-state index is 0. The largest absolute Gasteiger partial charge is 0.376 e. The van der Waals surface area contributed by atoms with Gasteiger partial charge >= 0.3 is 0 Å². The Morgan fingerprint density at radius 3 is 2.82 bits per heavy atom. The first-order valence-corrected chi connectivity index (χ1v) is 9.57. The van der Waals surface area contributed by atoms with E-state index in [1.807, 2.05) is 6.07 Å². The van der Waals surface area contributed by atoms with Gasteiger partial charge in [-0.2, -0.15) is 5.26 Å². The van der Waals surface area contributed by atoms with Gasteiger partial charge in [-0.15, -0.1) is 24.0 Å². The molecule has 1 aromatic carbocycles. The highest BCUT2D eigenvalue weighted by atomic mass is 127. The van der Waals surface area contributed by atoms with Crippen molar-refractivity contribution in [2.75, 3.05) is 33.4 Å². The van der Waals surface area contributed by atoms with Crippen LogP contribution in [0.5, 0.6) is 0 Å². The van der Waals surface area contributed by atoms with Gasteiger partial charge in [-0.3, -0.25) is 4.99 Å². The van der Waals surface area contributed by atoms with Crippen molar-refractivity contribution in [3.05, 3.63) is 35.1 Å². The molecular weight excluding hydrogens is 474 g/mol. The van der Waals surface area contributed by atoms with E-state index in [0.717, 1.165) is 51.3 Å². The number of nitrogens with one attached hydrogen (secondary N) is 1. The van der Waals surface area contributed by atoms with E-state index in [1.54, 1.807) is 13.1 Å². The normalized spacial score (nSPS) is 20.5. The van der Waals surface area contributed by atoms with E-state index in [1.165, 1.54) is 12.1 Å². The van der Waals surface area contributed by atoms with Gasteiger partial charge in [0.15, 0.2) is 5.96 Å². The Bertz CT molecular complexity index is 696. The van der Waals surface area contributed by atoms with E-state index in [9.17, 15) is 4.39 Å². The maximum Gasteiger partial charge on any atom is 0.193 e. The molecule has 0 spiro atoms. The zero-order valence-corrected chi connectivity index (χ0v) is 18.5. The maximum atomic E-state index is 13.9. The number of hydrogen-bond donors (Lipinski definition) is 1. The molecule has 6 nitrogen and oxygen atoms in total. The summed E-state index contributed by atoms with van der Waals surface area (Å²) >= 11 is 0. The van der Waals surface area contributed by atoms with Crippen LogP contribution in [-0.4, -0.2) is 56.4 Å². The van der Waals surface area contributed by atoms with Crippen molar-refractivity contribution in [3.8, 4) is 6.07 Å². The van der Waals surface area contributed by atoms with Crippen molar-refractivity contribution in [2.24, 2.45) is 4.99 Å². The highest BCUT2D eigenvalue weighted by molar-refractivity contribution is 14.0. The molecule has 1 unspecified atom stereocenters. The molecule has 8 heteroatoms. The molecule has 2 heterocycles. The summed E-state index contributed by atoms with van der Waals surface area (Å²) in [7, 11) is 1.73. The molecule has 0 amide bonds. The highest BCUT2D eigenvalue weighted by Gasteiger charge is 2.24. The second-order valence-corrected chi connectivity index (χ2v) is 6.97. The van der Waals surface area contributed by atoms with Gasteiger partial charge in [-0.05, 0) is 43.9 Å². The number of nitrogens with zero attached hydrogens (tertiary/aromatic N) is 3. The van der Waals surface area contributed by atoms with Crippen molar-refractivity contribution < 1.29 is 13.9 Å². The number of benzene rings is 1. The Balaban J connectivity index is 0.00000280. The molecule has 0 aliphatic carbocycles. The van der Waals surface area contributed by atoms with Crippen molar-refractivity contribution in [3.63, 3.8) is 0 Å². The summed E-state index contributed by atoms with van der Waals surface area (Å²) in [5.41, 5.74) is 0.914. The molecule has 1 atom stereocenters. The lowest BCUT2D eigenvalue weighted by atomic mass is 10.1. The first-order chi connectivity index (χ1) is 13.2. The topological polar surface area (TPSA) is 69.9 Å².